The number of rotatable bonds is 9. The van der Waals surface area contributed by atoms with Gasteiger partial charge in [0, 0.05) is 20.2 Å². The number of aromatic nitrogens is 3. The first kappa shape index (κ1) is 23.8. The van der Waals surface area contributed by atoms with E-state index >= 15 is 0 Å². The number of anilines is 1. The van der Waals surface area contributed by atoms with Gasteiger partial charge in [0.15, 0.2) is 0 Å². The third kappa shape index (κ3) is 5.78. The van der Waals surface area contributed by atoms with E-state index in [-0.39, 0.29) is 26.9 Å². The van der Waals surface area contributed by atoms with E-state index < -0.39 is 28.1 Å². The van der Waals surface area contributed by atoms with Crippen molar-refractivity contribution in [2.45, 2.75) is 32.4 Å². The molecule has 0 saturated carbocycles. The molecule has 2 aromatic rings. The number of pyridine rings is 1. The van der Waals surface area contributed by atoms with E-state index in [2.05, 4.69) is 36.3 Å². The number of hydrogen-bond donors (Lipinski definition) is 0. The first-order valence-corrected chi connectivity index (χ1v) is 16.4. The predicted molar refractivity (Wildman–Crippen MR) is 119 cm³/mol. The zero-order valence-corrected chi connectivity index (χ0v) is 20.4. The van der Waals surface area contributed by atoms with Crippen LogP contribution in [0.4, 0.5) is 5.82 Å². The van der Waals surface area contributed by atoms with E-state index in [1.165, 1.54) is 16.8 Å². The van der Waals surface area contributed by atoms with Gasteiger partial charge in [-0.2, -0.15) is 0 Å². The molecule has 0 N–H and O–H groups in total. The second-order valence-corrected chi connectivity index (χ2v) is 17.7. The average molecular weight is 481 g/mol. The van der Waals surface area contributed by atoms with Crippen LogP contribution in [0.2, 0.25) is 30.8 Å². The summed E-state index contributed by atoms with van der Waals surface area (Å²) in [4.78, 5) is 4.14. The maximum absolute atomic E-state index is 12.2. The summed E-state index contributed by atoms with van der Waals surface area (Å²) in [5.41, 5.74) is 0.927. The molecular formula is C16H25ClN4O5S2Si. The van der Waals surface area contributed by atoms with Crippen molar-refractivity contribution in [1.29, 1.82) is 0 Å². The highest BCUT2D eigenvalue weighted by molar-refractivity contribution is 8.09. The zero-order chi connectivity index (χ0) is 22.2. The number of sulfonamides is 2. The van der Waals surface area contributed by atoms with Crippen LogP contribution in [0.3, 0.4) is 0 Å². The molecule has 13 heteroatoms. The molecule has 0 saturated heterocycles. The third-order valence-corrected chi connectivity index (χ3v) is 8.95. The predicted octanol–water partition coefficient (Wildman–Crippen LogP) is 2.77. The molecule has 2 heterocycles. The topological polar surface area (TPSA) is 111 Å². The smallest absolute Gasteiger partial charge is 0.246 e. The quantitative estimate of drug-likeness (QED) is 0.308. The summed E-state index contributed by atoms with van der Waals surface area (Å²) in [6, 6.07) is 2.46. The zero-order valence-electron chi connectivity index (χ0n) is 17.0. The lowest BCUT2D eigenvalue weighted by atomic mass is 10.2. The van der Waals surface area contributed by atoms with Crippen molar-refractivity contribution >= 4 is 62.6 Å². The van der Waals surface area contributed by atoms with Gasteiger partial charge in [0.05, 0.1) is 18.0 Å². The Morgan fingerprint density at radius 3 is 2.31 bits per heavy atom. The van der Waals surface area contributed by atoms with Crippen LogP contribution in [0.15, 0.2) is 12.6 Å². The van der Waals surface area contributed by atoms with Crippen LogP contribution in [-0.2, 0) is 31.5 Å². The van der Waals surface area contributed by atoms with Crippen LogP contribution in [0.1, 0.15) is 5.56 Å². The van der Waals surface area contributed by atoms with Crippen LogP contribution >= 0.6 is 11.6 Å². The Morgan fingerprint density at radius 2 is 1.83 bits per heavy atom. The maximum Gasteiger partial charge on any atom is 0.246 e. The Bertz CT molecular complexity index is 1110. The third-order valence-electron chi connectivity index (χ3n) is 3.88. The van der Waals surface area contributed by atoms with Crippen molar-refractivity contribution in [3.05, 3.63) is 23.4 Å². The molecule has 0 aromatic carbocycles. The van der Waals surface area contributed by atoms with Crippen LogP contribution in [0, 0.1) is 0 Å². The van der Waals surface area contributed by atoms with E-state index in [9.17, 15) is 16.8 Å². The number of ether oxygens (including phenoxy) is 1. The Balaban J connectivity index is 2.66. The number of hydrogen-bond acceptors (Lipinski definition) is 7. The van der Waals surface area contributed by atoms with Gasteiger partial charge < -0.3 is 4.74 Å². The second-order valence-electron chi connectivity index (χ2n) is 7.83. The first-order valence-electron chi connectivity index (χ1n) is 8.63. The lowest BCUT2D eigenvalue weighted by Gasteiger charge is -2.17. The largest absolute Gasteiger partial charge is 0.360 e. The van der Waals surface area contributed by atoms with Crippen LogP contribution < -0.4 is 3.71 Å². The number of nitrogens with zero attached hydrogens (tertiary/aromatic N) is 4. The SMILES string of the molecule is C=Cc1cc(Cl)nc2c(N(S(C)(=O)=O)S(C)(=O)=O)nn(COCC[Si](C)(C)C)c12. The fraction of sp³-hybridized carbons (Fsp3) is 0.500. The van der Waals surface area contributed by atoms with E-state index in [1.807, 2.05) is 0 Å². The molecule has 2 rings (SSSR count). The summed E-state index contributed by atoms with van der Waals surface area (Å²) in [5.74, 6) is -0.357. The molecule has 29 heavy (non-hydrogen) atoms. The molecule has 0 radical (unpaired) electrons. The highest BCUT2D eigenvalue weighted by Crippen LogP contribution is 2.32. The molecule has 0 aliphatic rings. The summed E-state index contributed by atoms with van der Waals surface area (Å²) < 4.78 is 56.3. The fourth-order valence-electron chi connectivity index (χ4n) is 2.63. The molecule has 0 aliphatic carbocycles. The summed E-state index contributed by atoms with van der Waals surface area (Å²) in [5, 5.41) is 4.26. The van der Waals surface area contributed by atoms with Gasteiger partial charge in [0.25, 0.3) is 0 Å². The molecule has 162 valence electrons. The van der Waals surface area contributed by atoms with Gasteiger partial charge in [-0.25, -0.2) is 26.5 Å². The highest BCUT2D eigenvalue weighted by atomic mass is 35.5. The molecule has 0 aliphatic heterocycles. The first-order chi connectivity index (χ1) is 13.1. The van der Waals surface area contributed by atoms with Crippen molar-refractivity contribution in [1.82, 2.24) is 14.8 Å². The van der Waals surface area contributed by atoms with Crippen molar-refractivity contribution in [3.8, 4) is 0 Å². The highest BCUT2D eigenvalue weighted by Gasteiger charge is 2.33. The van der Waals surface area contributed by atoms with E-state index in [0.29, 0.717) is 17.7 Å². The van der Waals surface area contributed by atoms with Gasteiger partial charge in [-0.15, -0.1) is 8.81 Å². The van der Waals surface area contributed by atoms with Crippen molar-refractivity contribution < 1.29 is 21.6 Å². The van der Waals surface area contributed by atoms with Crippen molar-refractivity contribution in [3.63, 3.8) is 0 Å². The molecule has 0 spiro atoms. The monoisotopic (exact) mass is 480 g/mol. The lowest BCUT2D eigenvalue weighted by Crippen LogP contribution is -2.35. The van der Waals surface area contributed by atoms with Gasteiger partial charge in [-0.05, 0) is 12.1 Å². The summed E-state index contributed by atoms with van der Waals surface area (Å²) in [7, 11) is -9.71. The average Bonchev–Trinajstić information content (AvgIpc) is 2.85. The minimum Gasteiger partial charge on any atom is -0.360 e. The van der Waals surface area contributed by atoms with Crippen LogP contribution in [-0.4, -0.2) is 58.8 Å². The summed E-state index contributed by atoms with van der Waals surface area (Å²) in [6.07, 6.45) is 3.07. The molecule has 0 amide bonds. The van der Waals surface area contributed by atoms with Crippen LogP contribution in [0.5, 0.6) is 0 Å². The Kier molecular flexibility index (Phi) is 6.84. The number of fused-ring (bicyclic) bond motifs is 1. The minimum atomic E-state index is -4.21. The van der Waals surface area contributed by atoms with Gasteiger partial charge in [-0.1, -0.05) is 43.9 Å². The number of halogens is 1. The summed E-state index contributed by atoms with van der Waals surface area (Å²) >= 11 is 6.05. The lowest BCUT2D eigenvalue weighted by molar-refractivity contribution is 0.0818. The molecule has 9 nitrogen and oxygen atoms in total. The molecular weight excluding hydrogens is 456 g/mol. The minimum absolute atomic E-state index is 0.00744. The van der Waals surface area contributed by atoms with Crippen molar-refractivity contribution in [2.24, 2.45) is 0 Å². The van der Waals surface area contributed by atoms with Gasteiger partial charge in [0.2, 0.25) is 25.9 Å². The fourth-order valence-corrected chi connectivity index (χ4v) is 6.43. The Labute approximate surface area is 177 Å². The van der Waals surface area contributed by atoms with Gasteiger partial charge >= 0.3 is 0 Å². The Hall–Kier alpha value is -1.47. The molecule has 0 atom stereocenters. The Morgan fingerprint density at radius 1 is 1.24 bits per heavy atom. The van der Waals surface area contributed by atoms with Gasteiger partial charge in [0.1, 0.15) is 17.4 Å². The molecule has 2 aromatic heterocycles. The van der Waals surface area contributed by atoms with Crippen molar-refractivity contribution in [2.75, 3.05) is 22.8 Å². The standard InChI is InChI=1S/C16H25ClN4O5S2Si/c1-7-12-10-13(17)18-14-15(12)20(11-26-8-9-29(4,5)6)19-16(14)21(27(2,22)23)28(3,24)25/h7,10H,1,8-9,11H2,2-6H3. The normalized spacial score (nSPS) is 13.0. The van der Waals surface area contributed by atoms with Gasteiger partial charge in [-0.3, -0.25) is 0 Å². The van der Waals surface area contributed by atoms with E-state index in [4.69, 9.17) is 16.3 Å². The van der Waals surface area contributed by atoms with Crippen LogP contribution in [0.25, 0.3) is 17.1 Å². The van der Waals surface area contributed by atoms with E-state index in [0.717, 1.165) is 18.6 Å². The summed E-state index contributed by atoms with van der Waals surface area (Å²) in [6.45, 7) is 10.9. The van der Waals surface area contributed by atoms with E-state index in [1.54, 1.807) is 0 Å². The molecule has 0 fully saturated rings. The molecule has 0 unspecified atom stereocenters. The second kappa shape index (κ2) is 8.34. The molecule has 0 bridgehead atoms. The maximum atomic E-state index is 12.2.